The van der Waals surface area contributed by atoms with Crippen molar-refractivity contribution >= 4 is 0 Å². The van der Waals surface area contributed by atoms with Gasteiger partial charge in [-0.2, -0.15) is 0 Å². The van der Waals surface area contributed by atoms with Gasteiger partial charge in [-0.15, -0.1) is 12.3 Å². The predicted molar refractivity (Wildman–Crippen MR) is 61.2 cm³/mol. The van der Waals surface area contributed by atoms with Crippen molar-refractivity contribution in [2.24, 2.45) is 0 Å². The van der Waals surface area contributed by atoms with Crippen molar-refractivity contribution in [3.63, 3.8) is 0 Å². The zero-order valence-corrected chi connectivity index (χ0v) is 9.42. The minimum Gasteiger partial charge on any atom is -0.313 e. The van der Waals surface area contributed by atoms with E-state index in [-0.39, 0.29) is 0 Å². The van der Waals surface area contributed by atoms with Gasteiger partial charge in [0, 0.05) is 25.0 Å². The molecule has 0 aromatic heterocycles. The van der Waals surface area contributed by atoms with Crippen molar-refractivity contribution in [3.8, 4) is 12.3 Å². The maximum Gasteiger partial charge on any atom is 0.0207 e. The average Bonchev–Trinajstić information content (AvgIpc) is 2.61. The van der Waals surface area contributed by atoms with Crippen LogP contribution in [0.25, 0.3) is 0 Å². The maximum absolute atomic E-state index is 5.20. The summed E-state index contributed by atoms with van der Waals surface area (Å²) >= 11 is 0. The third kappa shape index (κ3) is 3.69. The first-order valence-corrected chi connectivity index (χ1v) is 5.65. The van der Waals surface area contributed by atoms with Gasteiger partial charge in [-0.25, -0.2) is 0 Å². The number of nitrogens with one attached hydrogen (secondary N) is 1. The molecule has 2 nitrogen and oxygen atoms in total. The van der Waals surface area contributed by atoms with Gasteiger partial charge in [0.25, 0.3) is 0 Å². The van der Waals surface area contributed by atoms with Gasteiger partial charge < -0.3 is 5.32 Å². The first kappa shape index (κ1) is 11.6. The first-order chi connectivity index (χ1) is 6.74. The Balaban J connectivity index is 2.08. The lowest BCUT2D eigenvalue weighted by atomic mass is 10.2. The van der Waals surface area contributed by atoms with Gasteiger partial charge in [0.05, 0.1) is 0 Å². The first-order valence-electron chi connectivity index (χ1n) is 5.65. The Morgan fingerprint density at radius 2 is 2.36 bits per heavy atom. The molecule has 1 atom stereocenters. The summed E-state index contributed by atoms with van der Waals surface area (Å²) in [5, 5.41) is 3.56. The number of terminal acetylenes is 1. The van der Waals surface area contributed by atoms with Crippen LogP contribution >= 0.6 is 0 Å². The van der Waals surface area contributed by atoms with Crippen molar-refractivity contribution in [1.82, 2.24) is 10.2 Å². The molecule has 0 radical (unpaired) electrons. The topological polar surface area (TPSA) is 15.3 Å². The number of hydrogen-bond acceptors (Lipinski definition) is 2. The molecule has 0 bridgehead atoms. The highest BCUT2D eigenvalue weighted by Gasteiger charge is 2.22. The van der Waals surface area contributed by atoms with Gasteiger partial charge in [-0.3, -0.25) is 4.90 Å². The molecule has 1 unspecified atom stereocenters. The van der Waals surface area contributed by atoms with E-state index < -0.39 is 0 Å². The molecule has 1 aliphatic rings. The van der Waals surface area contributed by atoms with Crippen LogP contribution < -0.4 is 5.32 Å². The van der Waals surface area contributed by atoms with Crippen molar-refractivity contribution in [2.45, 2.75) is 45.2 Å². The van der Waals surface area contributed by atoms with Crippen LogP contribution in [0.1, 0.15) is 33.1 Å². The van der Waals surface area contributed by atoms with Gasteiger partial charge >= 0.3 is 0 Å². The molecule has 0 aromatic rings. The Labute approximate surface area is 88.1 Å². The second-order valence-electron chi connectivity index (χ2n) is 4.34. The largest absolute Gasteiger partial charge is 0.313 e. The Kier molecular flexibility index (Phi) is 5.00. The van der Waals surface area contributed by atoms with Crippen LogP contribution in [0.15, 0.2) is 0 Å². The van der Waals surface area contributed by atoms with E-state index in [1.165, 1.54) is 19.5 Å². The van der Waals surface area contributed by atoms with Crippen LogP contribution in [-0.2, 0) is 0 Å². The minimum absolute atomic E-state index is 0.688. The fourth-order valence-corrected chi connectivity index (χ4v) is 1.92. The summed E-state index contributed by atoms with van der Waals surface area (Å²) in [5.41, 5.74) is 0. The van der Waals surface area contributed by atoms with Gasteiger partial charge in [-0.05, 0) is 39.8 Å². The monoisotopic (exact) mass is 194 g/mol. The molecule has 1 saturated heterocycles. The second-order valence-corrected chi connectivity index (χ2v) is 4.34. The lowest BCUT2D eigenvalue weighted by Gasteiger charge is -2.20. The third-order valence-corrected chi connectivity index (χ3v) is 2.88. The standard InChI is InChI=1S/C12H22N2/c1-4-5-6-8-13-12-7-9-14(10-12)11(2)3/h1,11-13H,5-10H2,2-3H3. The summed E-state index contributed by atoms with van der Waals surface area (Å²) < 4.78 is 0. The summed E-state index contributed by atoms with van der Waals surface area (Å²) in [4.78, 5) is 2.53. The lowest BCUT2D eigenvalue weighted by molar-refractivity contribution is 0.268. The fourth-order valence-electron chi connectivity index (χ4n) is 1.92. The molecule has 1 rings (SSSR count). The third-order valence-electron chi connectivity index (χ3n) is 2.88. The number of likely N-dealkylation sites (tertiary alicyclic amines) is 1. The average molecular weight is 194 g/mol. The summed E-state index contributed by atoms with van der Waals surface area (Å²) in [6.07, 6.45) is 8.49. The Bertz CT molecular complexity index is 193. The minimum atomic E-state index is 0.688. The summed E-state index contributed by atoms with van der Waals surface area (Å²) in [5.74, 6) is 2.67. The summed E-state index contributed by atoms with van der Waals surface area (Å²) in [6.45, 7) is 8.04. The molecular weight excluding hydrogens is 172 g/mol. The Morgan fingerprint density at radius 1 is 1.57 bits per heavy atom. The van der Waals surface area contributed by atoms with Crippen LogP contribution in [-0.4, -0.2) is 36.6 Å². The van der Waals surface area contributed by atoms with Gasteiger partial charge in [0.2, 0.25) is 0 Å². The Hall–Kier alpha value is -0.520. The molecule has 1 N–H and O–H groups in total. The zero-order valence-electron chi connectivity index (χ0n) is 9.42. The van der Waals surface area contributed by atoms with Crippen LogP contribution in [0.5, 0.6) is 0 Å². The zero-order chi connectivity index (χ0) is 10.4. The molecule has 0 aromatic carbocycles. The molecule has 1 fully saturated rings. The normalized spacial score (nSPS) is 22.9. The molecule has 0 amide bonds. The van der Waals surface area contributed by atoms with E-state index in [2.05, 4.69) is 30.0 Å². The maximum atomic E-state index is 5.20. The van der Waals surface area contributed by atoms with Gasteiger partial charge in [0.15, 0.2) is 0 Å². The smallest absolute Gasteiger partial charge is 0.0207 e. The molecule has 80 valence electrons. The molecule has 0 saturated carbocycles. The highest BCUT2D eigenvalue weighted by Crippen LogP contribution is 2.11. The molecule has 0 aliphatic carbocycles. The number of nitrogens with zero attached hydrogens (tertiary/aromatic N) is 1. The van der Waals surface area contributed by atoms with Crippen LogP contribution in [0, 0.1) is 12.3 Å². The van der Waals surface area contributed by atoms with Crippen LogP contribution in [0.2, 0.25) is 0 Å². The summed E-state index contributed by atoms with van der Waals surface area (Å²) in [6, 6.07) is 1.38. The van der Waals surface area contributed by atoms with Crippen LogP contribution in [0.4, 0.5) is 0 Å². The van der Waals surface area contributed by atoms with Crippen molar-refractivity contribution < 1.29 is 0 Å². The van der Waals surface area contributed by atoms with E-state index in [9.17, 15) is 0 Å². The van der Waals surface area contributed by atoms with E-state index in [0.29, 0.717) is 12.1 Å². The van der Waals surface area contributed by atoms with Crippen molar-refractivity contribution in [1.29, 1.82) is 0 Å². The fraction of sp³-hybridized carbons (Fsp3) is 0.833. The van der Waals surface area contributed by atoms with Crippen LogP contribution in [0.3, 0.4) is 0 Å². The summed E-state index contributed by atoms with van der Waals surface area (Å²) in [7, 11) is 0. The number of rotatable bonds is 5. The molecule has 1 heterocycles. The Morgan fingerprint density at radius 3 is 2.93 bits per heavy atom. The SMILES string of the molecule is C#CCCCNC1CCN(C(C)C)C1. The molecule has 14 heavy (non-hydrogen) atoms. The van der Waals surface area contributed by atoms with Crippen molar-refractivity contribution in [3.05, 3.63) is 0 Å². The van der Waals surface area contributed by atoms with E-state index in [0.717, 1.165) is 19.4 Å². The van der Waals surface area contributed by atoms with Gasteiger partial charge in [-0.1, -0.05) is 0 Å². The number of hydrogen-bond donors (Lipinski definition) is 1. The molecular formula is C12H22N2. The van der Waals surface area contributed by atoms with E-state index >= 15 is 0 Å². The van der Waals surface area contributed by atoms with E-state index in [4.69, 9.17) is 6.42 Å². The van der Waals surface area contributed by atoms with E-state index in [1.807, 2.05) is 0 Å². The van der Waals surface area contributed by atoms with Gasteiger partial charge in [0.1, 0.15) is 0 Å². The molecule has 0 spiro atoms. The quantitative estimate of drug-likeness (QED) is 0.527. The highest BCUT2D eigenvalue weighted by atomic mass is 15.2. The molecule has 1 aliphatic heterocycles. The van der Waals surface area contributed by atoms with E-state index in [1.54, 1.807) is 0 Å². The van der Waals surface area contributed by atoms with Crippen molar-refractivity contribution in [2.75, 3.05) is 19.6 Å². The predicted octanol–water partition coefficient (Wildman–Crippen LogP) is 1.47. The molecule has 2 heteroatoms. The number of unbranched alkanes of at least 4 members (excludes halogenated alkanes) is 1. The lowest BCUT2D eigenvalue weighted by Crippen LogP contribution is -2.35. The highest BCUT2D eigenvalue weighted by molar-refractivity contribution is 4.85. The second kappa shape index (κ2) is 6.06.